The average Bonchev–Trinajstić information content (AvgIpc) is 3.23. The molecule has 0 aromatic carbocycles. The Labute approximate surface area is 149 Å². The number of nitrogens with one attached hydrogen (secondary N) is 2. The Hall–Kier alpha value is -1.89. The van der Waals surface area contributed by atoms with E-state index in [0.29, 0.717) is 6.54 Å². The largest absolute Gasteiger partial charge is 0.344 e. The number of rotatable bonds is 4. The first kappa shape index (κ1) is 17.9. The van der Waals surface area contributed by atoms with Crippen LogP contribution in [-0.4, -0.2) is 58.2 Å². The van der Waals surface area contributed by atoms with Gasteiger partial charge in [-0.15, -0.1) is 0 Å². The SMILES string of the molecule is CC(NC(=O)[C@H]1CNC[C@@H]1c1cnn(C)c1)C(=O)N1CCCCC1C. The van der Waals surface area contributed by atoms with E-state index in [9.17, 15) is 9.59 Å². The molecule has 3 rings (SSSR count). The van der Waals surface area contributed by atoms with Crippen LogP contribution < -0.4 is 10.6 Å². The molecule has 4 atom stereocenters. The molecule has 2 amide bonds. The first-order valence-electron chi connectivity index (χ1n) is 9.27. The van der Waals surface area contributed by atoms with Crippen molar-refractivity contribution in [3.05, 3.63) is 18.0 Å². The lowest BCUT2D eigenvalue weighted by Crippen LogP contribution is -2.52. The third-order valence-corrected chi connectivity index (χ3v) is 5.52. The molecule has 0 aliphatic carbocycles. The van der Waals surface area contributed by atoms with E-state index in [1.807, 2.05) is 24.3 Å². The van der Waals surface area contributed by atoms with Crippen molar-refractivity contribution in [1.82, 2.24) is 25.3 Å². The van der Waals surface area contributed by atoms with Crippen LogP contribution >= 0.6 is 0 Å². The zero-order valence-corrected chi connectivity index (χ0v) is 15.4. The van der Waals surface area contributed by atoms with Crippen LogP contribution in [0.2, 0.25) is 0 Å². The lowest BCUT2D eigenvalue weighted by atomic mass is 9.90. The van der Waals surface area contributed by atoms with Crippen molar-refractivity contribution >= 4 is 11.8 Å². The highest BCUT2D eigenvalue weighted by atomic mass is 16.2. The third kappa shape index (κ3) is 3.86. The van der Waals surface area contributed by atoms with Gasteiger partial charge in [0.15, 0.2) is 0 Å². The summed E-state index contributed by atoms with van der Waals surface area (Å²) in [6.45, 7) is 6.07. The number of nitrogens with zero attached hydrogens (tertiary/aromatic N) is 3. The minimum absolute atomic E-state index is 0.0319. The van der Waals surface area contributed by atoms with Crippen molar-refractivity contribution in [3.63, 3.8) is 0 Å². The molecule has 2 saturated heterocycles. The number of hydrogen-bond donors (Lipinski definition) is 2. The van der Waals surface area contributed by atoms with Gasteiger partial charge in [-0.05, 0) is 38.7 Å². The quantitative estimate of drug-likeness (QED) is 0.837. The number of carbonyl (C=O) groups excluding carboxylic acids is 2. The van der Waals surface area contributed by atoms with Gasteiger partial charge in [0, 0.05) is 44.8 Å². The molecule has 25 heavy (non-hydrogen) atoms. The topological polar surface area (TPSA) is 79.3 Å². The van der Waals surface area contributed by atoms with Crippen molar-refractivity contribution in [2.75, 3.05) is 19.6 Å². The van der Waals surface area contributed by atoms with E-state index >= 15 is 0 Å². The van der Waals surface area contributed by atoms with Crippen molar-refractivity contribution < 1.29 is 9.59 Å². The minimum atomic E-state index is -0.483. The first-order chi connectivity index (χ1) is 12.0. The fourth-order valence-electron chi connectivity index (χ4n) is 3.99. The van der Waals surface area contributed by atoms with Gasteiger partial charge in [-0.1, -0.05) is 0 Å². The molecule has 7 nitrogen and oxygen atoms in total. The van der Waals surface area contributed by atoms with E-state index < -0.39 is 6.04 Å². The lowest BCUT2D eigenvalue weighted by Gasteiger charge is -2.35. The summed E-state index contributed by atoms with van der Waals surface area (Å²) in [5, 5.41) is 10.4. The predicted octanol–water partition coefficient (Wildman–Crippen LogP) is 0.629. The van der Waals surface area contributed by atoms with E-state index in [0.717, 1.165) is 31.5 Å². The second-order valence-electron chi connectivity index (χ2n) is 7.43. The van der Waals surface area contributed by atoms with Gasteiger partial charge in [0.25, 0.3) is 0 Å². The highest BCUT2D eigenvalue weighted by Crippen LogP contribution is 2.28. The van der Waals surface area contributed by atoms with Gasteiger partial charge >= 0.3 is 0 Å². The summed E-state index contributed by atoms with van der Waals surface area (Å²) in [5.41, 5.74) is 1.07. The molecular formula is C18H29N5O2. The van der Waals surface area contributed by atoms with Crippen LogP contribution in [0.15, 0.2) is 12.4 Å². The van der Waals surface area contributed by atoms with Crippen LogP contribution in [0.1, 0.15) is 44.6 Å². The van der Waals surface area contributed by atoms with Gasteiger partial charge in [0.05, 0.1) is 12.1 Å². The Bertz CT molecular complexity index is 629. The summed E-state index contributed by atoms with van der Waals surface area (Å²) < 4.78 is 1.76. The Kier molecular flexibility index (Phi) is 5.42. The predicted molar refractivity (Wildman–Crippen MR) is 94.9 cm³/mol. The van der Waals surface area contributed by atoms with Gasteiger partial charge in [0.2, 0.25) is 11.8 Å². The van der Waals surface area contributed by atoms with Crippen LogP contribution in [0.25, 0.3) is 0 Å². The van der Waals surface area contributed by atoms with Crippen LogP contribution in [0, 0.1) is 5.92 Å². The molecular weight excluding hydrogens is 318 g/mol. The van der Waals surface area contributed by atoms with E-state index in [2.05, 4.69) is 22.7 Å². The minimum Gasteiger partial charge on any atom is -0.344 e. The third-order valence-electron chi connectivity index (χ3n) is 5.52. The van der Waals surface area contributed by atoms with Gasteiger partial charge in [-0.3, -0.25) is 14.3 Å². The van der Waals surface area contributed by atoms with Crippen LogP contribution in [0.3, 0.4) is 0 Å². The average molecular weight is 347 g/mol. The molecule has 2 N–H and O–H groups in total. The maximum Gasteiger partial charge on any atom is 0.245 e. The van der Waals surface area contributed by atoms with Gasteiger partial charge in [0.1, 0.15) is 6.04 Å². The zero-order chi connectivity index (χ0) is 18.0. The molecule has 0 radical (unpaired) electrons. The second-order valence-corrected chi connectivity index (χ2v) is 7.43. The Morgan fingerprint density at radius 2 is 2.16 bits per heavy atom. The van der Waals surface area contributed by atoms with Crippen LogP contribution in [0.5, 0.6) is 0 Å². The smallest absolute Gasteiger partial charge is 0.245 e. The van der Waals surface area contributed by atoms with E-state index in [4.69, 9.17) is 0 Å². The maximum atomic E-state index is 12.8. The van der Waals surface area contributed by atoms with Gasteiger partial charge in [-0.25, -0.2) is 0 Å². The molecule has 1 aromatic rings. The molecule has 0 saturated carbocycles. The van der Waals surface area contributed by atoms with Crippen molar-refractivity contribution in [1.29, 1.82) is 0 Å². The summed E-state index contributed by atoms with van der Waals surface area (Å²) >= 11 is 0. The molecule has 0 bridgehead atoms. The van der Waals surface area contributed by atoms with Crippen molar-refractivity contribution in [2.24, 2.45) is 13.0 Å². The monoisotopic (exact) mass is 347 g/mol. The molecule has 7 heteroatoms. The number of carbonyl (C=O) groups is 2. The molecule has 0 spiro atoms. The molecule has 1 aromatic heterocycles. The summed E-state index contributed by atoms with van der Waals surface area (Å²) in [7, 11) is 1.88. The molecule has 3 heterocycles. The Balaban J connectivity index is 1.61. The molecule has 2 fully saturated rings. The Morgan fingerprint density at radius 1 is 1.36 bits per heavy atom. The lowest BCUT2D eigenvalue weighted by molar-refractivity contribution is -0.139. The number of likely N-dealkylation sites (tertiary alicyclic amines) is 1. The van der Waals surface area contributed by atoms with Crippen LogP contribution in [0.4, 0.5) is 0 Å². The summed E-state index contributed by atoms with van der Waals surface area (Å²) in [6, 6.07) is -0.222. The summed E-state index contributed by atoms with van der Waals surface area (Å²) in [5.74, 6) is -0.0862. The number of hydrogen-bond acceptors (Lipinski definition) is 4. The van der Waals surface area contributed by atoms with Crippen molar-refractivity contribution in [3.8, 4) is 0 Å². The summed E-state index contributed by atoms with van der Waals surface area (Å²) in [4.78, 5) is 27.4. The highest BCUT2D eigenvalue weighted by Gasteiger charge is 2.36. The number of aromatic nitrogens is 2. The number of piperidine rings is 1. The first-order valence-corrected chi connectivity index (χ1v) is 9.27. The van der Waals surface area contributed by atoms with Crippen LogP contribution in [-0.2, 0) is 16.6 Å². The van der Waals surface area contributed by atoms with E-state index in [-0.39, 0.29) is 29.7 Å². The van der Waals surface area contributed by atoms with Gasteiger partial charge < -0.3 is 15.5 Å². The number of amides is 2. The Morgan fingerprint density at radius 3 is 2.84 bits per heavy atom. The molecule has 2 aliphatic rings. The van der Waals surface area contributed by atoms with Crippen molar-refractivity contribution in [2.45, 2.75) is 51.1 Å². The van der Waals surface area contributed by atoms with Gasteiger partial charge in [-0.2, -0.15) is 5.10 Å². The second kappa shape index (κ2) is 7.56. The fraction of sp³-hybridized carbons (Fsp3) is 0.722. The summed E-state index contributed by atoms with van der Waals surface area (Å²) in [6.07, 6.45) is 7.05. The standard InChI is InChI=1S/C18H29N5O2/c1-12-6-4-5-7-23(12)18(25)13(2)21-17(24)16-10-19-9-15(16)14-8-20-22(3)11-14/h8,11-13,15-16,19H,4-7,9-10H2,1-3H3,(H,21,24)/t12?,13?,15-,16+/m1/s1. The molecule has 138 valence electrons. The number of aryl methyl sites for hydroxylation is 1. The van der Waals surface area contributed by atoms with E-state index in [1.165, 1.54) is 6.42 Å². The highest BCUT2D eigenvalue weighted by molar-refractivity contribution is 5.89. The molecule has 2 unspecified atom stereocenters. The fourth-order valence-corrected chi connectivity index (χ4v) is 3.99. The zero-order valence-electron chi connectivity index (χ0n) is 15.4. The maximum absolute atomic E-state index is 12.8. The normalized spacial score (nSPS) is 28.0. The van der Waals surface area contributed by atoms with E-state index in [1.54, 1.807) is 11.6 Å². The molecule has 2 aliphatic heterocycles.